The van der Waals surface area contributed by atoms with Gasteiger partial charge < -0.3 is 0 Å². The fourth-order valence-corrected chi connectivity index (χ4v) is 0.101. The maximum absolute atomic E-state index is 3.89. The Hall–Kier alpha value is -1.13. The molecule has 31 valence electrons. The van der Waals surface area contributed by atoms with Crippen LogP contribution in [-0.4, -0.2) is 6.40 Å². The van der Waals surface area contributed by atoms with Crippen LogP contribution in [0.5, 0.6) is 0 Å². The molecule has 0 atom stereocenters. The highest BCUT2D eigenvalue weighted by Crippen LogP contribution is 1.85. The fraction of sp³-hybridized carbons (Fsp3) is 0. The Morgan fingerprint density at radius 3 is 2.67 bits per heavy atom. The van der Waals surface area contributed by atoms with Gasteiger partial charge in [0.05, 0.1) is 5.28 Å². The summed E-state index contributed by atoms with van der Waals surface area (Å²) in [4.78, 5) is 7.72. The van der Waals surface area contributed by atoms with Crippen molar-refractivity contribution >= 4 is 6.40 Å². The number of hydrogen-bond donors (Lipinski definition) is 0. The molecule has 0 aromatic rings. The minimum atomic E-state index is 1.93. The molecule has 0 spiro atoms. The van der Waals surface area contributed by atoms with Gasteiger partial charge in [-0.1, -0.05) is 5.10 Å². The zero-order chi connectivity index (χ0) is 4.24. The van der Waals surface area contributed by atoms with E-state index in [0.717, 1.165) is 0 Å². The highest BCUT2D eigenvalue weighted by atomic mass is 17.3. The Kier molecular flexibility index (Phi) is 0.689. The van der Waals surface area contributed by atoms with Gasteiger partial charge in [0.15, 0.2) is 0 Å². The topological polar surface area (TPSA) is 55.5 Å². The molecule has 0 amide bonds. The third kappa shape index (κ3) is 0.423. The molecule has 0 aromatic carbocycles. The minimum absolute atomic E-state index is 1.93. The van der Waals surface area contributed by atoms with E-state index in [2.05, 4.69) is 25.5 Å². The molecular formula is CN3O2. The summed E-state index contributed by atoms with van der Waals surface area (Å²) in [5, 5.41) is 8.86. The molecule has 0 saturated carbocycles. The fourth-order valence-electron chi connectivity index (χ4n) is 0.101. The minimum Gasteiger partial charge on any atom is -0.237 e. The van der Waals surface area contributed by atoms with Crippen LogP contribution in [0, 0.1) is 0 Å². The third-order valence-corrected chi connectivity index (χ3v) is 0.230. The van der Waals surface area contributed by atoms with E-state index in [1.54, 1.807) is 0 Å². The SMILES string of the molecule is [C]1=NN=NOO1. The first-order valence-electron chi connectivity index (χ1n) is 1.18. The number of nitrogens with zero attached hydrogens (tertiary/aromatic N) is 3. The molecule has 5 heteroatoms. The molecule has 0 saturated heterocycles. The normalized spacial score (nSPS) is 16.0. The second-order valence-electron chi connectivity index (χ2n) is 0.520. The molecule has 1 aliphatic heterocycles. The summed E-state index contributed by atoms with van der Waals surface area (Å²) in [5.74, 6) is 0. The molecule has 0 bridgehead atoms. The van der Waals surface area contributed by atoms with Crippen molar-refractivity contribution < 1.29 is 9.88 Å². The zero-order valence-corrected chi connectivity index (χ0v) is 2.66. The van der Waals surface area contributed by atoms with Crippen molar-refractivity contribution in [2.24, 2.45) is 15.6 Å². The summed E-state index contributed by atoms with van der Waals surface area (Å²) in [6, 6.07) is 0. The largest absolute Gasteiger partial charge is 0.361 e. The highest BCUT2D eigenvalue weighted by Gasteiger charge is 1.82. The van der Waals surface area contributed by atoms with E-state index in [4.69, 9.17) is 0 Å². The second kappa shape index (κ2) is 1.34. The van der Waals surface area contributed by atoms with Crippen LogP contribution in [-0.2, 0) is 9.88 Å². The quantitative estimate of drug-likeness (QED) is 0.393. The van der Waals surface area contributed by atoms with Crippen molar-refractivity contribution in [1.82, 2.24) is 0 Å². The molecule has 1 rings (SSSR count). The van der Waals surface area contributed by atoms with Gasteiger partial charge in [0.25, 0.3) is 0 Å². The van der Waals surface area contributed by atoms with E-state index in [1.807, 2.05) is 6.40 Å². The average molecular weight is 86.0 g/mol. The molecule has 0 unspecified atom stereocenters. The lowest BCUT2D eigenvalue weighted by Crippen LogP contribution is -1.85. The van der Waals surface area contributed by atoms with Crippen molar-refractivity contribution in [2.75, 3.05) is 0 Å². The van der Waals surface area contributed by atoms with E-state index >= 15 is 0 Å². The van der Waals surface area contributed by atoms with Crippen LogP contribution in [0.15, 0.2) is 15.6 Å². The lowest BCUT2D eigenvalue weighted by molar-refractivity contribution is -0.231. The van der Waals surface area contributed by atoms with Crippen LogP contribution in [0.25, 0.3) is 0 Å². The zero-order valence-electron chi connectivity index (χ0n) is 2.66. The highest BCUT2D eigenvalue weighted by molar-refractivity contribution is 5.44. The Morgan fingerprint density at radius 1 is 1.50 bits per heavy atom. The molecule has 1 heterocycles. The lowest BCUT2D eigenvalue weighted by Gasteiger charge is -1.86. The maximum atomic E-state index is 3.89. The Morgan fingerprint density at radius 2 is 2.50 bits per heavy atom. The van der Waals surface area contributed by atoms with E-state index in [-0.39, 0.29) is 0 Å². The van der Waals surface area contributed by atoms with E-state index in [0.29, 0.717) is 0 Å². The number of rotatable bonds is 0. The van der Waals surface area contributed by atoms with E-state index in [1.165, 1.54) is 0 Å². The maximum Gasteiger partial charge on any atom is 0.361 e. The number of hydrogen-bond acceptors (Lipinski definition) is 5. The summed E-state index contributed by atoms with van der Waals surface area (Å²) >= 11 is 0. The van der Waals surface area contributed by atoms with Crippen LogP contribution in [0.3, 0.4) is 0 Å². The van der Waals surface area contributed by atoms with Crippen LogP contribution >= 0.6 is 0 Å². The van der Waals surface area contributed by atoms with Crippen LogP contribution < -0.4 is 0 Å². The van der Waals surface area contributed by atoms with Gasteiger partial charge in [-0.2, -0.15) is 0 Å². The summed E-state index contributed by atoms with van der Waals surface area (Å²) in [5.41, 5.74) is 0. The van der Waals surface area contributed by atoms with Crippen LogP contribution in [0.4, 0.5) is 0 Å². The Bertz CT molecular complexity index is 74.8. The first kappa shape index (κ1) is 3.08. The standard InChI is InChI=1S/CN3O2/c1-2-3-4-6-5-1. The van der Waals surface area contributed by atoms with Crippen molar-refractivity contribution in [1.29, 1.82) is 0 Å². The molecular weight excluding hydrogens is 86.0 g/mol. The van der Waals surface area contributed by atoms with Crippen LogP contribution in [0.1, 0.15) is 0 Å². The van der Waals surface area contributed by atoms with E-state index < -0.39 is 0 Å². The van der Waals surface area contributed by atoms with E-state index in [9.17, 15) is 0 Å². The van der Waals surface area contributed by atoms with Gasteiger partial charge >= 0.3 is 6.40 Å². The van der Waals surface area contributed by atoms with Crippen molar-refractivity contribution in [3.63, 3.8) is 0 Å². The molecule has 0 fully saturated rings. The summed E-state index contributed by atoms with van der Waals surface area (Å²) < 4.78 is 0. The van der Waals surface area contributed by atoms with Crippen molar-refractivity contribution in [2.45, 2.75) is 0 Å². The molecule has 6 heavy (non-hydrogen) atoms. The second-order valence-corrected chi connectivity index (χ2v) is 0.520. The van der Waals surface area contributed by atoms with Gasteiger partial charge in [-0.25, -0.2) is 4.89 Å². The first-order chi connectivity index (χ1) is 3.00. The van der Waals surface area contributed by atoms with Gasteiger partial charge in [0.2, 0.25) is 0 Å². The third-order valence-electron chi connectivity index (χ3n) is 0.230. The monoisotopic (exact) mass is 86.0 g/mol. The molecule has 1 aliphatic rings. The molecule has 5 nitrogen and oxygen atoms in total. The first-order valence-corrected chi connectivity index (χ1v) is 1.18. The predicted octanol–water partition coefficient (Wildman–Crippen LogP) is 0.136. The predicted molar refractivity (Wildman–Crippen MR) is 14.5 cm³/mol. The van der Waals surface area contributed by atoms with Gasteiger partial charge in [0, 0.05) is 0 Å². The Balaban J connectivity index is 2.46. The van der Waals surface area contributed by atoms with Crippen molar-refractivity contribution in [3.05, 3.63) is 0 Å². The molecule has 1 radical (unpaired) electrons. The van der Waals surface area contributed by atoms with Gasteiger partial charge in [-0.05, 0) is 5.22 Å². The Labute approximate surface area is 33.2 Å². The summed E-state index contributed by atoms with van der Waals surface area (Å²) in [6.45, 7) is 0. The summed E-state index contributed by atoms with van der Waals surface area (Å²) in [7, 11) is 0. The van der Waals surface area contributed by atoms with Gasteiger partial charge in [-0.15, -0.1) is 4.99 Å². The smallest absolute Gasteiger partial charge is 0.237 e. The summed E-state index contributed by atoms with van der Waals surface area (Å²) in [6.07, 6.45) is 1.93. The molecule has 0 N–H and O–H groups in total. The lowest BCUT2D eigenvalue weighted by atomic mass is 11.5. The van der Waals surface area contributed by atoms with Crippen LogP contribution in [0.2, 0.25) is 0 Å². The van der Waals surface area contributed by atoms with Gasteiger partial charge in [-0.3, -0.25) is 0 Å². The van der Waals surface area contributed by atoms with Gasteiger partial charge in [0.1, 0.15) is 0 Å². The molecule has 0 aliphatic carbocycles. The van der Waals surface area contributed by atoms with Crippen molar-refractivity contribution in [3.8, 4) is 0 Å². The average Bonchev–Trinajstić information content (AvgIpc) is 1.72. The molecule has 0 aromatic heterocycles.